The predicted octanol–water partition coefficient (Wildman–Crippen LogP) is 3.29. The van der Waals surface area contributed by atoms with Crippen molar-refractivity contribution in [3.05, 3.63) is 64.1 Å². The first-order valence-corrected chi connectivity index (χ1v) is 7.20. The van der Waals surface area contributed by atoms with Gasteiger partial charge < -0.3 is 4.74 Å². The van der Waals surface area contributed by atoms with Crippen LogP contribution < -0.4 is 10.2 Å². The first-order valence-electron chi connectivity index (χ1n) is 6.41. The molecule has 108 valence electrons. The number of aryl methyl sites for hydroxylation is 1. The smallest absolute Gasteiger partial charge is 0.277 e. The standard InChI is InChI=1S/C16H15BrN2O2/c1-12-6-8-14(9-7-12)21-11-16(20)19-18-10-13-4-2-3-5-15(13)17/h2-10H,11H2,1H3,(H,19,20). The molecule has 0 aliphatic heterocycles. The molecule has 0 aliphatic carbocycles. The number of amides is 1. The normalized spacial score (nSPS) is 10.6. The lowest BCUT2D eigenvalue weighted by molar-refractivity contribution is -0.123. The SMILES string of the molecule is Cc1ccc(OCC(=O)NN=Cc2ccccc2Br)cc1. The van der Waals surface area contributed by atoms with E-state index in [1.807, 2.05) is 55.5 Å². The second kappa shape index (κ2) is 7.59. The van der Waals surface area contributed by atoms with Crippen LogP contribution in [0.4, 0.5) is 0 Å². The summed E-state index contributed by atoms with van der Waals surface area (Å²) >= 11 is 3.40. The van der Waals surface area contributed by atoms with E-state index in [-0.39, 0.29) is 12.5 Å². The fourth-order valence-electron chi connectivity index (χ4n) is 1.57. The second-order valence-corrected chi connectivity index (χ2v) is 5.27. The van der Waals surface area contributed by atoms with Crippen LogP contribution in [0.2, 0.25) is 0 Å². The maximum atomic E-state index is 11.6. The highest BCUT2D eigenvalue weighted by atomic mass is 79.9. The minimum Gasteiger partial charge on any atom is -0.484 e. The number of hydrogen-bond donors (Lipinski definition) is 1. The zero-order valence-corrected chi connectivity index (χ0v) is 13.1. The number of rotatable bonds is 5. The van der Waals surface area contributed by atoms with Gasteiger partial charge in [-0.2, -0.15) is 5.10 Å². The number of benzene rings is 2. The van der Waals surface area contributed by atoms with Crippen LogP contribution in [-0.4, -0.2) is 18.7 Å². The summed E-state index contributed by atoms with van der Waals surface area (Å²) in [6, 6.07) is 15.1. The molecule has 0 aliphatic rings. The summed E-state index contributed by atoms with van der Waals surface area (Å²) in [4.78, 5) is 11.6. The first-order chi connectivity index (χ1) is 10.1. The van der Waals surface area contributed by atoms with Gasteiger partial charge in [0.2, 0.25) is 0 Å². The monoisotopic (exact) mass is 346 g/mol. The van der Waals surface area contributed by atoms with Gasteiger partial charge in [-0.3, -0.25) is 4.79 Å². The van der Waals surface area contributed by atoms with Crippen LogP contribution >= 0.6 is 15.9 Å². The number of ether oxygens (including phenoxy) is 1. The van der Waals surface area contributed by atoms with Gasteiger partial charge in [-0.1, -0.05) is 51.8 Å². The zero-order chi connectivity index (χ0) is 15.1. The maximum absolute atomic E-state index is 11.6. The fraction of sp³-hybridized carbons (Fsp3) is 0.125. The zero-order valence-electron chi connectivity index (χ0n) is 11.5. The first kappa shape index (κ1) is 15.3. The molecule has 1 N–H and O–H groups in total. The number of carbonyl (C=O) groups excluding carboxylic acids is 1. The molecular formula is C16H15BrN2O2. The molecule has 0 radical (unpaired) electrons. The Hall–Kier alpha value is -2.14. The van der Waals surface area contributed by atoms with Crippen molar-refractivity contribution < 1.29 is 9.53 Å². The van der Waals surface area contributed by atoms with Crippen LogP contribution in [0.5, 0.6) is 5.75 Å². The van der Waals surface area contributed by atoms with E-state index >= 15 is 0 Å². The lowest BCUT2D eigenvalue weighted by atomic mass is 10.2. The van der Waals surface area contributed by atoms with Gasteiger partial charge in [0.25, 0.3) is 5.91 Å². The number of carbonyl (C=O) groups is 1. The van der Waals surface area contributed by atoms with Gasteiger partial charge in [0.1, 0.15) is 5.75 Å². The highest BCUT2D eigenvalue weighted by Gasteiger charge is 2.01. The third-order valence-corrected chi connectivity index (χ3v) is 3.41. The van der Waals surface area contributed by atoms with Crippen LogP contribution in [0.25, 0.3) is 0 Å². The average Bonchev–Trinajstić information content (AvgIpc) is 2.49. The van der Waals surface area contributed by atoms with Gasteiger partial charge in [0, 0.05) is 10.0 Å². The summed E-state index contributed by atoms with van der Waals surface area (Å²) in [7, 11) is 0. The molecule has 0 spiro atoms. The average molecular weight is 347 g/mol. The fourth-order valence-corrected chi connectivity index (χ4v) is 1.96. The van der Waals surface area contributed by atoms with Crippen molar-refractivity contribution in [3.63, 3.8) is 0 Å². The van der Waals surface area contributed by atoms with E-state index in [2.05, 4.69) is 26.5 Å². The number of hydrogen-bond acceptors (Lipinski definition) is 3. The Morgan fingerprint density at radius 2 is 1.95 bits per heavy atom. The third kappa shape index (κ3) is 5.04. The summed E-state index contributed by atoms with van der Waals surface area (Å²) in [6.45, 7) is 1.92. The van der Waals surface area contributed by atoms with Crippen molar-refractivity contribution in [3.8, 4) is 5.75 Å². The molecule has 0 heterocycles. The van der Waals surface area contributed by atoms with Crippen molar-refractivity contribution >= 4 is 28.1 Å². The van der Waals surface area contributed by atoms with E-state index in [1.54, 1.807) is 6.21 Å². The molecule has 0 saturated heterocycles. The van der Waals surface area contributed by atoms with E-state index in [0.29, 0.717) is 5.75 Å². The van der Waals surface area contributed by atoms with Gasteiger partial charge in [-0.25, -0.2) is 5.43 Å². The van der Waals surface area contributed by atoms with E-state index in [0.717, 1.165) is 15.6 Å². The molecule has 0 aromatic heterocycles. The van der Waals surface area contributed by atoms with Gasteiger partial charge in [0.15, 0.2) is 6.61 Å². The van der Waals surface area contributed by atoms with E-state index < -0.39 is 0 Å². The van der Waals surface area contributed by atoms with Gasteiger partial charge in [0.05, 0.1) is 6.21 Å². The van der Waals surface area contributed by atoms with Crippen LogP contribution in [0.1, 0.15) is 11.1 Å². The molecule has 5 heteroatoms. The number of hydrazone groups is 1. The molecule has 0 unspecified atom stereocenters. The van der Waals surface area contributed by atoms with Crippen molar-refractivity contribution in [2.75, 3.05) is 6.61 Å². The molecule has 2 aromatic carbocycles. The van der Waals surface area contributed by atoms with Crippen LogP contribution in [-0.2, 0) is 4.79 Å². The Morgan fingerprint density at radius 3 is 2.67 bits per heavy atom. The maximum Gasteiger partial charge on any atom is 0.277 e. The molecule has 0 atom stereocenters. The molecule has 0 saturated carbocycles. The third-order valence-electron chi connectivity index (χ3n) is 2.69. The molecule has 1 amide bonds. The number of nitrogens with one attached hydrogen (secondary N) is 1. The molecule has 4 nitrogen and oxygen atoms in total. The van der Waals surface area contributed by atoms with Gasteiger partial charge >= 0.3 is 0 Å². The Balaban J connectivity index is 1.80. The lowest BCUT2D eigenvalue weighted by Gasteiger charge is -2.05. The summed E-state index contributed by atoms with van der Waals surface area (Å²) < 4.78 is 6.27. The highest BCUT2D eigenvalue weighted by Crippen LogP contribution is 2.13. The summed E-state index contributed by atoms with van der Waals surface area (Å²) in [5.41, 5.74) is 4.45. The quantitative estimate of drug-likeness (QED) is 0.667. The Morgan fingerprint density at radius 1 is 1.24 bits per heavy atom. The Labute approximate surface area is 132 Å². The van der Waals surface area contributed by atoms with E-state index in [1.165, 1.54) is 0 Å². The Kier molecular flexibility index (Phi) is 5.51. The number of nitrogens with zero attached hydrogens (tertiary/aromatic N) is 1. The summed E-state index contributed by atoms with van der Waals surface area (Å²) in [6.07, 6.45) is 1.58. The molecule has 0 fully saturated rings. The van der Waals surface area contributed by atoms with Crippen LogP contribution in [0.15, 0.2) is 58.1 Å². The summed E-state index contributed by atoms with van der Waals surface area (Å²) in [5.74, 6) is 0.351. The van der Waals surface area contributed by atoms with Crippen molar-refractivity contribution in [1.29, 1.82) is 0 Å². The molecule has 0 bridgehead atoms. The van der Waals surface area contributed by atoms with Crippen LogP contribution in [0, 0.1) is 6.92 Å². The topological polar surface area (TPSA) is 50.7 Å². The highest BCUT2D eigenvalue weighted by molar-refractivity contribution is 9.10. The largest absolute Gasteiger partial charge is 0.484 e. The van der Waals surface area contributed by atoms with Crippen molar-refractivity contribution in [2.24, 2.45) is 5.10 Å². The molecule has 2 rings (SSSR count). The predicted molar refractivity (Wildman–Crippen MR) is 86.6 cm³/mol. The second-order valence-electron chi connectivity index (χ2n) is 4.42. The van der Waals surface area contributed by atoms with Gasteiger partial charge in [-0.15, -0.1) is 0 Å². The minimum absolute atomic E-state index is 0.0731. The Bertz CT molecular complexity index is 639. The molecule has 2 aromatic rings. The molecule has 21 heavy (non-hydrogen) atoms. The number of halogens is 1. The van der Waals surface area contributed by atoms with Crippen molar-refractivity contribution in [1.82, 2.24) is 5.43 Å². The minimum atomic E-state index is -0.307. The van der Waals surface area contributed by atoms with Crippen molar-refractivity contribution in [2.45, 2.75) is 6.92 Å². The van der Waals surface area contributed by atoms with E-state index in [4.69, 9.17) is 4.74 Å². The van der Waals surface area contributed by atoms with Crippen LogP contribution in [0.3, 0.4) is 0 Å². The van der Waals surface area contributed by atoms with E-state index in [9.17, 15) is 4.79 Å². The van der Waals surface area contributed by atoms with Gasteiger partial charge in [-0.05, 0) is 25.1 Å². The lowest BCUT2D eigenvalue weighted by Crippen LogP contribution is -2.24. The molecular weight excluding hydrogens is 332 g/mol. The summed E-state index contributed by atoms with van der Waals surface area (Å²) in [5, 5.41) is 3.89.